The molecule has 0 radical (unpaired) electrons. The van der Waals surface area contributed by atoms with Gasteiger partial charge in [0.2, 0.25) is 10.0 Å². The number of sulfonamides is 1. The van der Waals surface area contributed by atoms with Gasteiger partial charge in [0.05, 0.1) is 11.2 Å². The van der Waals surface area contributed by atoms with E-state index in [0.717, 1.165) is 6.26 Å². The third-order valence-corrected chi connectivity index (χ3v) is 2.60. The molecule has 0 atom stereocenters. The number of hydrogen-bond donors (Lipinski definition) is 2. The van der Waals surface area contributed by atoms with E-state index in [1.807, 2.05) is 0 Å². The van der Waals surface area contributed by atoms with E-state index in [9.17, 15) is 18.5 Å². The molecule has 7 nitrogen and oxygen atoms in total. The molecule has 0 amide bonds. The maximum Gasteiger partial charge on any atom is 0.271 e. The van der Waals surface area contributed by atoms with Gasteiger partial charge in [0.25, 0.3) is 5.69 Å². The van der Waals surface area contributed by atoms with Crippen molar-refractivity contribution in [3.63, 3.8) is 0 Å². The van der Waals surface area contributed by atoms with Crippen LogP contribution in [0.4, 0.5) is 11.4 Å². The van der Waals surface area contributed by atoms with E-state index in [-0.39, 0.29) is 12.2 Å². The molecule has 0 aliphatic carbocycles. The molecular weight excluding hydrogens is 246 g/mol. The number of nitrogens with zero attached hydrogens (tertiary/aromatic N) is 1. The fourth-order valence-corrected chi connectivity index (χ4v) is 1.65. The molecule has 1 aromatic carbocycles. The highest BCUT2D eigenvalue weighted by Gasteiger charge is 2.05. The molecule has 0 aromatic heterocycles. The fourth-order valence-electron chi connectivity index (χ4n) is 1.17. The average molecular weight is 259 g/mol. The first kappa shape index (κ1) is 13.4. The van der Waals surface area contributed by atoms with E-state index >= 15 is 0 Å². The lowest BCUT2D eigenvalue weighted by Crippen LogP contribution is -2.27. The van der Waals surface area contributed by atoms with Crippen LogP contribution in [0.2, 0.25) is 0 Å². The van der Waals surface area contributed by atoms with Crippen LogP contribution in [-0.4, -0.2) is 32.7 Å². The summed E-state index contributed by atoms with van der Waals surface area (Å²) in [6.07, 6.45) is 1.07. The minimum Gasteiger partial charge on any atom is -0.384 e. The summed E-state index contributed by atoms with van der Waals surface area (Å²) in [6, 6.07) is 6.01. The van der Waals surface area contributed by atoms with Crippen LogP contribution in [0.3, 0.4) is 0 Å². The minimum absolute atomic E-state index is 0.00827. The van der Waals surface area contributed by atoms with Crippen molar-refractivity contribution in [2.24, 2.45) is 0 Å². The summed E-state index contributed by atoms with van der Waals surface area (Å²) in [5.74, 6) is 0. The lowest BCUT2D eigenvalue weighted by atomic mass is 10.3. The summed E-state index contributed by atoms with van der Waals surface area (Å²) in [4.78, 5) is 10.0. The van der Waals surface area contributed by atoms with E-state index in [1.54, 1.807) is 12.1 Å². The first-order valence-corrected chi connectivity index (χ1v) is 6.70. The summed E-state index contributed by atoms with van der Waals surface area (Å²) in [5.41, 5.74) is 0.570. The first-order valence-electron chi connectivity index (χ1n) is 4.81. The Kier molecular flexibility index (Phi) is 4.41. The lowest BCUT2D eigenvalue weighted by molar-refractivity contribution is -0.384. The van der Waals surface area contributed by atoms with Crippen molar-refractivity contribution in [3.05, 3.63) is 34.4 Å². The van der Waals surface area contributed by atoms with E-state index in [2.05, 4.69) is 10.0 Å². The largest absolute Gasteiger partial charge is 0.384 e. The Morgan fingerprint density at radius 3 is 2.65 bits per heavy atom. The molecule has 1 aromatic rings. The van der Waals surface area contributed by atoms with Crippen molar-refractivity contribution in [1.82, 2.24) is 4.72 Å². The summed E-state index contributed by atoms with van der Waals surface area (Å²) >= 11 is 0. The van der Waals surface area contributed by atoms with E-state index < -0.39 is 14.9 Å². The molecule has 0 heterocycles. The van der Waals surface area contributed by atoms with Gasteiger partial charge in [0, 0.05) is 30.9 Å². The number of anilines is 1. The van der Waals surface area contributed by atoms with E-state index in [1.165, 1.54) is 12.1 Å². The van der Waals surface area contributed by atoms with Crippen LogP contribution >= 0.6 is 0 Å². The van der Waals surface area contributed by atoms with Gasteiger partial charge in [-0.3, -0.25) is 10.1 Å². The second-order valence-corrected chi connectivity index (χ2v) is 5.23. The topological polar surface area (TPSA) is 101 Å². The molecule has 2 N–H and O–H groups in total. The third kappa shape index (κ3) is 5.27. The van der Waals surface area contributed by atoms with Gasteiger partial charge in [-0.1, -0.05) is 6.07 Å². The van der Waals surface area contributed by atoms with Crippen LogP contribution in [0.15, 0.2) is 24.3 Å². The highest BCUT2D eigenvalue weighted by molar-refractivity contribution is 7.88. The van der Waals surface area contributed by atoms with Crippen LogP contribution in [0.1, 0.15) is 0 Å². The van der Waals surface area contributed by atoms with Gasteiger partial charge in [-0.25, -0.2) is 13.1 Å². The fraction of sp³-hybridized carbons (Fsp3) is 0.333. The molecule has 0 fully saturated rings. The molecule has 8 heteroatoms. The molecule has 0 aliphatic rings. The number of benzene rings is 1. The molecule has 94 valence electrons. The predicted octanol–water partition coefficient (Wildman–Crippen LogP) is 0.556. The van der Waals surface area contributed by atoms with Gasteiger partial charge < -0.3 is 5.32 Å². The maximum absolute atomic E-state index is 10.8. The minimum atomic E-state index is -3.20. The molecular formula is C9H13N3O4S. The number of nitro benzene ring substituents is 1. The second kappa shape index (κ2) is 5.60. The Labute approximate surface area is 99.0 Å². The lowest BCUT2D eigenvalue weighted by Gasteiger charge is -2.06. The molecule has 0 spiro atoms. The number of rotatable bonds is 6. The standard InChI is InChI=1S/C9H13N3O4S/c1-17(15,16)11-6-5-10-8-3-2-4-9(7-8)12(13)14/h2-4,7,10-11H,5-6H2,1H3. The normalized spacial score (nSPS) is 11.1. The smallest absolute Gasteiger partial charge is 0.271 e. The van der Waals surface area contributed by atoms with E-state index in [4.69, 9.17) is 0 Å². The SMILES string of the molecule is CS(=O)(=O)NCCNc1cccc([N+](=O)[O-])c1. The Balaban J connectivity index is 2.47. The van der Waals surface area contributed by atoms with Gasteiger partial charge in [0.1, 0.15) is 0 Å². The molecule has 17 heavy (non-hydrogen) atoms. The highest BCUT2D eigenvalue weighted by atomic mass is 32.2. The van der Waals surface area contributed by atoms with E-state index in [0.29, 0.717) is 12.2 Å². The number of non-ortho nitro benzene ring substituents is 1. The van der Waals surface area contributed by atoms with Crippen LogP contribution < -0.4 is 10.0 Å². The summed E-state index contributed by atoms with van der Waals surface area (Å²) in [5, 5.41) is 13.4. The highest BCUT2D eigenvalue weighted by Crippen LogP contribution is 2.16. The Bertz CT molecular complexity index is 501. The predicted molar refractivity (Wildman–Crippen MR) is 64.4 cm³/mol. The van der Waals surface area contributed by atoms with Gasteiger partial charge in [-0.05, 0) is 6.07 Å². The molecule has 1 rings (SSSR count). The second-order valence-electron chi connectivity index (χ2n) is 3.40. The zero-order valence-electron chi connectivity index (χ0n) is 9.21. The van der Waals surface area contributed by atoms with Crippen molar-refractivity contribution >= 4 is 21.4 Å². The maximum atomic E-state index is 10.8. The third-order valence-electron chi connectivity index (χ3n) is 1.88. The Hall–Kier alpha value is -1.67. The van der Waals surface area contributed by atoms with Crippen LogP contribution in [0.25, 0.3) is 0 Å². The molecule has 0 saturated heterocycles. The molecule has 0 saturated carbocycles. The monoisotopic (exact) mass is 259 g/mol. The van der Waals surface area contributed by atoms with Crippen molar-refractivity contribution in [3.8, 4) is 0 Å². The molecule has 0 bridgehead atoms. The Morgan fingerprint density at radius 1 is 1.35 bits per heavy atom. The van der Waals surface area contributed by atoms with Gasteiger partial charge in [-0.15, -0.1) is 0 Å². The zero-order chi connectivity index (χ0) is 12.9. The molecule has 0 unspecified atom stereocenters. The van der Waals surface area contributed by atoms with Crippen molar-refractivity contribution < 1.29 is 13.3 Å². The van der Waals surface area contributed by atoms with Crippen LogP contribution in [0.5, 0.6) is 0 Å². The van der Waals surface area contributed by atoms with Gasteiger partial charge in [0.15, 0.2) is 0 Å². The van der Waals surface area contributed by atoms with Gasteiger partial charge in [-0.2, -0.15) is 0 Å². The van der Waals surface area contributed by atoms with Crippen LogP contribution in [0, 0.1) is 10.1 Å². The average Bonchev–Trinajstić information content (AvgIpc) is 2.23. The van der Waals surface area contributed by atoms with Crippen LogP contribution in [-0.2, 0) is 10.0 Å². The summed E-state index contributed by atoms with van der Waals surface area (Å²) in [6.45, 7) is 0.579. The van der Waals surface area contributed by atoms with Gasteiger partial charge >= 0.3 is 0 Å². The zero-order valence-corrected chi connectivity index (χ0v) is 10.0. The summed E-state index contributed by atoms with van der Waals surface area (Å²) in [7, 11) is -3.20. The van der Waals surface area contributed by atoms with Crippen molar-refractivity contribution in [2.75, 3.05) is 24.7 Å². The molecule has 0 aliphatic heterocycles. The first-order chi connectivity index (χ1) is 7.88. The number of hydrogen-bond acceptors (Lipinski definition) is 5. The Morgan fingerprint density at radius 2 is 2.06 bits per heavy atom. The van der Waals surface area contributed by atoms with Crippen molar-refractivity contribution in [2.45, 2.75) is 0 Å². The quantitative estimate of drug-likeness (QED) is 0.441. The number of nitrogens with one attached hydrogen (secondary N) is 2. The van der Waals surface area contributed by atoms with Crippen molar-refractivity contribution in [1.29, 1.82) is 0 Å². The summed E-state index contributed by atoms with van der Waals surface area (Å²) < 4.78 is 23.8. The number of nitro groups is 1.